The zero-order chi connectivity index (χ0) is 22.0. The van der Waals surface area contributed by atoms with Crippen LogP contribution in [0, 0.1) is 0 Å². The Morgan fingerprint density at radius 3 is 2.38 bits per heavy atom. The van der Waals surface area contributed by atoms with Gasteiger partial charge < -0.3 is 19.8 Å². The molecule has 0 aliphatic rings. The molecule has 1 unspecified atom stereocenters. The molecule has 1 aromatic carbocycles. The fraction of sp³-hybridized carbons (Fsp3) is 0.500. The Bertz CT molecular complexity index is 882. The third-order valence-electron chi connectivity index (χ3n) is 3.75. The molecule has 0 spiro atoms. The second kappa shape index (κ2) is 8.62. The average molecular weight is 470 g/mol. The van der Waals surface area contributed by atoms with E-state index in [9.17, 15) is 14.8 Å². The van der Waals surface area contributed by atoms with Gasteiger partial charge in [0.1, 0.15) is 17.2 Å². The van der Waals surface area contributed by atoms with E-state index in [2.05, 4.69) is 26.2 Å². The van der Waals surface area contributed by atoms with Crippen LogP contribution in [0.3, 0.4) is 0 Å². The van der Waals surface area contributed by atoms with E-state index in [4.69, 9.17) is 9.47 Å². The Balaban J connectivity index is 2.33. The SMILES string of the molecule is CC(C)(C)OC(=O)NCC(c1c[nH]c2ccc(Br)cc12)N(O)C(=O)OC(C)(C)C. The number of nitrogens with zero attached hydrogens (tertiary/aromatic N) is 1. The van der Waals surface area contributed by atoms with Crippen LogP contribution < -0.4 is 5.32 Å². The van der Waals surface area contributed by atoms with Gasteiger partial charge in [-0.25, -0.2) is 9.59 Å². The molecule has 9 heteroatoms. The predicted octanol–water partition coefficient (Wildman–Crippen LogP) is 5.12. The van der Waals surface area contributed by atoms with Gasteiger partial charge in [-0.15, -0.1) is 0 Å². The Labute approximate surface area is 178 Å². The number of hydrogen-bond acceptors (Lipinski definition) is 5. The minimum atomic E-state index is -0.919. The molecule has 1 atom stereocenters. The molecule has 29 heavy (non-hydrogen) atoms. The Morgan fingerprint density at radius 1 is 1.17 bits per heavy atom. The van der Waals surface area contributed by atoms with E-state index in [1.807, 2.05) is 18.2 Å². The first-order chi connectivity index (χ1) is 13.3. The van der Waals surface area contributed by atoms with E-state index in [1.54, 1.807) is 47.7 Å². The molecule has 1 heterocycles. The van der Waals surface area contributed by atoms with E-state index >= 15 is 0 Å². The van der Waals surface area contributed by atoms with E-state index in [0.717, 1.165) is 15.4 Å². The molecule has 0 radical (unpaired) electrons. The lowest BCUT2D eigenvalue weighted by atomic mass is 10.1. The number of H-pyrrole nitrogens is 1. The molecule has 3 N–H and O–H groups in total. The van der Waals surface area contributed by atoms with Gasteiger partial charge in [0, 0.05) is 33.7 Å². The molecule has 0 saturated heterocycles. The Morgan fingerprint density at radius 2 is 1.79 bits per heavy atom. The first-order valence-electron chi connectivity index (χ1n) is 9.21. The molecule has 0 saturated carbocycles. The number of carbonyl (C=O) groups excluding carboxylic acids is 2. The van der Waals surface area contributed by atoms with Gasteiger partial charge in [0.05, 0.1) is 0 Å². The van der Waals surface area contributed by atoms with Crippen molar-refractivity contribution in [1.82, 2.24) is 15.4 Å². The summed E-state index contributed by atoms with van der Waals surface area (Å²) in [4.78, 5) is 27.7. The lowest BCUT2D eigenvalue weighted by Gasteiger charge is -2.29. The summed E-state index contributed by atoms with van der Waals surface area (Å²) >= 11 is 3.43. The number of hydroxylamine groups is 2. The highest BCUT2D eigenvalue weighted by molar-refractivity contribution is 9.10. The third kappa shape index (κ3) is 6.64. The number of aromatic amines is 1. The highest BCUT2D eigenvalue weighted by Crippen LogP contribution is 2.30. The predicted molar refractivity (Wildman–Crippen MR) is 113 cm³/mol. The standard InChI is InChI=1S/C20H28BrN3O5/c1-19(2,3)28-17(25)23-11-16(24(27)18(26)29-20(4,5)6)14-10-22-15-8-7-12(21)9-13(14)15/h7-10,16,22,27H,11H2,1-6H3,(H,23,25). The maximum absolute atomic E-state index is 12.5. The molecular weight excluding hydrogens is 442 g/mol. The van der Waals surface area contributed by atoms with Gasteiger partial charge in [-0.1, -0.05) is 15.9 Å². The lowest BCUT2D eigenvalue weighted by Crippen LogP contribution is -2.43. The zero-order valence-corrected chi connectivity index (χ0v) is 19.1. The monoisotopic (exact) mass is 469 g/mol. The van der Waals surface area contributed by atoms with Crippen molar-refractivity contribution in [3.8, 4) is 0 Å². The highest BCUT2D eigenvalue weighted by atomic mass is 79.9. The minimum Gasteiger partial charge on any atom is -0.444 e. The number of amides is 2. The summed E-state index contributed by atoms with van der Waals surface area (Å²) in [5, 5.41) is 14.5. The van der Waals surface area contributed by atoms with Crippen molar-refractivity contribution < 1.29 is 24.3 Å². The van der Waals surface area contributed by atoms with Crippen LogP contribution in [0.2, 0.25) is 0 Å². The second-order valence-electron chi connectivity index (χ2n) is 8.66. The number of alkyl carbamates (subject to hydrolysis) is 1. The molecule has 160 valence electrons. The first-order valence-corrected chi connectivity index (χ1v) is 10.0. The van der Waals surface area contributed by atoms with E-state index in [1.165, 1.54) is 0 Å². The smallest absolute Gasteiger partial charge is 0.434 e. The molecular formula is C20H28BrN3O5. The van der Waals surface area contributed by atoms with Crippen molar-refractivity contribution in [3.05, 3.63) is 34.4 Å². The van der Waals surface area contributed by atoms with Gasteiger partial charge in [0.2, 0.25) is 0 Å². The van der Waals surface area contributed by atoms with Crippen molar-refractivity contribution in [2.24, 2.45) is 0 Å². The van der Waals surface area contributed by atoms with Gasteiger partial charge in [-0.2, -0.15) is 5.06 Å². The molecule has 0 bridgehead atoms. The molecule has 0 aliphatic heterocycles. The molecule has 2 amide bonds. The number of benzene rings is 1. The van der Waals surface area contributed by atoms with Crippen molar-refractivity contribution in [1.29, 1.82) is 0 Å². The summed E-state index contributed by atoms with van der Waals surface area (Å²) < 4.78 is 11.4. The first kappa shape index (κ1) is 23.0. The Kier molecular flexibility index (Phi) is 6.85. The van der Waals surface area contributed by atoms with Gasteiger partial charge in [-0.3, -0.25) is 5.21 Å². The quantitative estimate of drug-likeness (QED) is 0.425. The molecule has 1 aromatic heterocycles. The Hall–Kier alpha value is -2.26. The van der Waals surface area contributed by atoms with Crippen molar-refractivity contribution in [3.63, 3.8) is 0 Å². The van der Waals surface area contributed by atoms with Crippen LogP contribution in [0.5, 0.6) is 0 Å². The largest absolute Gasteiger partial charge is 0.444 e. The van der Waals surface area contributed by atoms with Crippen LogP contribution in [0.15, 0.2) is 28.9 Å². The molecule has 0 aliphatic carbocycles. The van der Waals surface area contributed by atoms with E-state index in [0.29, 0.717) is 10.6 Å². The summed E-state index contributed by atoms with van der Waals surface area (Å²) in [6.07, 6.45) is 0.116. The summed E-state index contributed by atoms with van der Waals surface area (Å²) in [5.41, 5.74) is -0.0199. The summed E-state index contributed by atoms with van der Waals surface area (Å²) in [5.74, 6) is 0. The third-order valence-corrected chi connectivity index (χ3v) is 4.24. The van der Waals surface area contributed by atoms with E-state index in [-0.39, 0.29) is 6.54 Å². The van der Waals surface area contributed by atoms with Crippen LogP contribution in [-0.2, 0) is 9.47 Å². The van der Waals surface area contributed by atoms with Crippen molar-refractivity contribution in [2.75, 3.05) is 6.54 Å². The lowest BCUT2D eigenvalue weighted by molar-refractivity contribution is -0.120. The van der Waals surface area contributed by atoms with Crippen molar-refractivity contribution in [2.45, 2.75) is 58.8 Å². The number of rotatable bonds is 4. The average Bonchev–Trinajstić information content (AvgIpc) is 2.94. The van der Waals surface area contributed by atoms with Crippen LogP contribution in [0.25, 0.3) is 10.9 Å². The van der Waals surface area contributed by atoms with Crippen LogP contribution in [0.4, 0.5) is 9.59 Å². The summed E-state index contributed by atoms with van der Waals surface area (Å²) in [6, 6.07) is 4.71. The maximum Gasteiger partial charge on any atom is 0.434 e. The van der Waals surface area contributed by atoms with Crippen LogP contribution >= 0.6 is 15.9 Å². The van der Waals surface area contributed by atoms with Crippen LogP contribution in [-0.4, -0.2) is 45.2 Å². The van der Waals surface area contributed by atoms with Crippen molar-refractivity contribution >= 4 is 39.0 Å². The number of fused-ring (bicyclic) bond motifs is 1. The number of aromatic nitrogens is 1. The zero-order valence-electron chi connectivity index (χ0n) is 17.5. The number of carbonyl (C=O) groups is 2. The fourth-order valence-electron chi connectivity index (χ4n) is 2.65. The fourth-order valence-corrected chi connectivity index (χ4v) is 3.01. The number of nitrogens with one attached hydrogen (secondary N) is 2. The number of hydrogen-bond donors (Lipinski definition) is 3. The minimum absolute atomic E-state index is 0.0792. The molecule has 0 fully saturated rings. The molecule has 8 nitrogen and oxygen atoms in total. The van der Waals surface area contributed by atoms with Gasteiger partial charge in [-0.05, 0) is 59.7 Å². The summed E-state index contributed by atoms with van der Waals surface area (Å²) in [7, 11) is 0. The topological polar surface area (TPSA) is 104 Å². The summed E-state index contributed by atoms with van der Waals surface area (Å²) in [6.45, 7) is 10.3. The van der Waals surface area contributed by atoms with Gasteiger partial charge in [0.25, 0.3) is 0 Å². The number of halogens is 1. The molecule has 2 rings (SSSR count). The molecule has 2 aromatic rings. The number of ether oxygens (including phenoxy) is 2. The normalized spacial score (nSPS) is 13.1. The second-order valence-corrected chi connectivity index (χ2v) is 9.57. The van der Waals surface area contributed by atoms with Gasteiger partial charge in [0.15, 0.2) is 0 Å². The van der Waals surface area contributed by atoms with Gasteiger partial charge >= 0.3 is 12.2 Å². The highest BCUT2D eigenvalue weighted by Gasteiger charge is 2.31. The maximum atomic E-state index is 12.5. The van der Waals surface area contributed by atoms with E-state index < -0.39 is 29.4 Å². The van der Waals surface area contributed by atoms with Crippen LogP contribution in [0.1, 0.15) is 53.1 Å².